The molecule has 0 aliphatic heterocycles. The first-order valence-corrected chi connectivity index (χ1v) is 9.64. The Morgan fingerprint density at radius 2 is 2.10 bits per heavy atom. The monoisotopic (exact) mass is 429 g/mol. The molecule has 0 bridgehead atoms. The first-order chi connectivity index (χ1) is 14.0. The van der Waals surface area contributed by atoms with Crippen molar-refractivity contribution in [2.75, 3.05) is 11.1 Å². The fraction of sp³-hybridized carbons (Fsp3) is 0.0556. The minimum absolute atomic E-state index is 0.0260. The SMILES string of the molecule is O=C(CSc1nnc(-c2c[nH]c3ccccc23)o1)Nc1cc(Cl)ccc1[N+](=O)[O-]. The molecule has 0 unspecified atom stereocenters. The fourth-order valence-corrected chi connectivity index (χ4v) is 3.44. The molecule has 2 heterocycles. The van der Waals surface area contributed by atoms with Crippen LogP contribution in [0.1, 0.15) is 0 Å². The van der Waals surface area contributed by atoms with E-state index in [9.17, 15) is 14.9 Å². The number of thioether (sulfide) groups is 1. The molecular formula is C18H12ClN5O4S. The molecule has 2 N–H and O–H groups in total. The highest BCUT2D eigenvalue weighted by Gasteiger charge is 2.18. The summed E-state index contributed by atoms with van der Waals surface area (Å²) in [5.74, 6) is -0.206. The quantitative estimate of drug-likeness (QED) is 0.262. The summed E-state index contributed by atoms with van der Waals surface area (Å²) in [4.78, 5) is 25.8. The summed E-state index contributed by atoms with van der Waals surface area (Å²) < 4.78 is 5.63. The minimum Gasteiger partial charge on any atom is -0.411 e. The second kappa shape index (κ2) is 7.94. The Morgan fingerprint density at radius 3 is 2.93 bits per heavy atom. The molecule has 0 atom stereocenters. The Hall–Kier alpha value is -3.37. The first kappa shape index (κ1) is 19.0. The molecule has 9 nitrogen and oxygen atoms in total. The van der Waals surface area contributed by atoms with Crippen molar-refractivity contribution in [2.45, 2.75) is 5.22 Å². The van der Waals surface area contributed by atoms with Gasteiger partial charge in [0.25, 0.3) is 16.8 Å². The van der Waals surface area contributed by atoms with Gasteiger partial charge in [-0.2, -0.15) is 0 Å². The molecule has 2 aromatic heterocycles. The van der Waals surface area contributed by atoms with Crippen LogP contribution >= 0.6 is 23.4 Å². The average Bonchev–Trinajstić information content (AvgIpc) is 3.33. The Kier molecular flexibility index (Phi) is 5.19. The van der Waals surface area contributed by atoms with Crippen LogP contribution in [-0.4, -0.2) is 31.8 Å². The van der Waals surface area contributed by atoms with Crippen molar-refractivity contribution in [1.82, 2.24) is 15.2 Å². The van der Waals surface area contributed by atoms with Gasteiger partial charge in [-0.25, -0.2) is 0 Å². The average molecular weight is 430 g/mol. The Morgan fingerprint density at radius 1 is 1.28 bits per heavy atom. The zero-order valence-electron chi connectivity index (χ0n) is 14.6. The fourth-order valence-electron chi connectivity index (χ4n) is 2.71. The van der Waals surface area contributed by atoms with Gasteiger partial charge in [0, 0.05) is 28.2 Å². The van der Waals surface area contributed by atoms with Crippen molar-refractivity contribution in [3.63, 3.8) is 0 Å². The molecule has 1 amide bonds. The van der Waals surface area contributed by atoms with Crippen LogP contribution in [0.5, 0.6) is 0 Å². The summed E-state index contributed by atoms with van der Waals surface area (Å²) >= 11 is 6.88. The standard InChI is InChI=1S/C18H12ClN5O4S/c19-10-5-6-15(24(26)27)14(7-10)21-16(25)9-29-18-23-22-17(28-18)12-8-20-13-4-2-1-3-11(12)13/h1-8,20H,9H2,(H,21,25). The number of amides is 1. The Labute approximate surface area is 172 Å². The molecule has 146 valence electrons. The van der Waals surface area contributed by atoms with E-state index in [1.165, 1.54) is 18.2 Å². The second-order valence-corrected chi connectivity index (χ2v) is 7.24. The van der Waals surface area contributed by atoms with Crippen LogP contribution in [0, 0.1) is 10.1 Å². The number of H-pyrrole nitrogens is 1. The summed E-state index contributed by atoms with van der Waals surface area (Å²) in [7, 11) is 0. The topological polar surface area (TPSA) is 127 Å². The van der Waals surface area contributed by atoms with Crippen LogP contribution in [0.4, 0.5) is 11.4 Å². The molecule has 0 aliphatic rings. The van der Waals surface area contributed by atoms with Crippen molar-refractivity contribution in [3.05, 3.63) is 63.8 Å². The van der Waals surface area contributed by atoms with E-state index in [0.717, 1.165) is 28.2 Å². The maximum absolute atomic E-state index is 12.2. The first-order valence-electron chi connectivity index (χ1n) is 8.28. The van der Waals surface area contributed by atoms with Crippen molar-refractivity contribution < 1.29 is 14.1 Å². The van der Waals surface area contributed by atoms with E-state index in [0.29, 0.717) is 5.89 Å². The number of hydrogen-bond acceptors (Lipinski definition) is 7. The number of nitro groups is 1. The zero-order chi connectivity index (χ0) is 20.4. The maximum atomic E-state index is 12.2. The third-order valence-electron chi connectivity index (χ3n) is 3.98. The van der Waals surface area contributed by atoms with E-state index < -0.39 is 10.8 Å². The highest BCUT2D eigenvalue weighted by Crippen LogP contribution is 2.30. The van der Waals surface area contributed by atoms with E-state index >= 15 is 0 Å². The number of aromatic amines is 1. The molecule has 11 heteroatoms. The minimum atomic E-state index is -0.593. The van der Waals surface area contributed by atoms with Gasteiger partial charge in [-0.1, -0.05) is 41.6 Å². The molecule has 0 fully saturated rings. The molecule has 0 saturated carbocycles. The summed E-state index contributed by atoms with van der Waals surface area (Å²) in [6, 6.07) is 11.6. The number of nitrogens with one attached hydrogen (secondary N) is 2. The van der Waals surface area contributed by atoms with Gasteiger partial charge in [-0.05, 0) is 18.2 Å². The van der Waals surface area contributed by atoms with Gasteiger partial charge in [-0.15, -0.1) is 10.2 Å². The van der Waals surface area contributed by atoms with Gasteiger partial charge < -0.3 is 14.7 Å². The number of nitro benzene ring substituents is 1. The van der Waals surface area contributed by atoms with Crippen LogP contribution in [-0.2, 0) is 4.79 Å². The Balaban J connectivity index is 1.43. The largest absolute Gasteiger partial charge is 0.411 e. The van der Waals surface area contributed by atoms with Gasteiger partial charge in [0.1, 0.15) is 5.69 Å². The summed E-state index contributed by atoms with van der Waals surface area (Å²) in [6.45, 7) is 0. The highest BCUT2D eigenvalue weighted by atomic mass is 35.5. The van der Waals surface area contributed by atoms with Crippen LogP contribution in [0.3, 0.4) is 0 Å². The normalized spacial score (nSPS) is 10.9. The number of anilines is 1. The maximum Gasteiger partial charge on any atom is 0.292 e. The third-order valence-corrected chi connectivity index (χ3v) is 5.04. The second-order valence-electron chi connectivity index (χ2n) is 5.88. The lowest BCUT2D eigenvalue weighted by Crippen LogP contribution is -2.15. The van der Waals surface area contributed by atoms with Crippen LogP contribution in [0.25, 0.3) is 22.4 Å². The summed E-state index contributed by atoms with van der Waals surface area (Å²) in [5, 5.41) is 22.9. The lowest BCUT2D eigenvalue weighted by Gasteiger charge is -2.05. The number of fused-ring (bicyclic) bond motifs is 1. The van der Waals surface area contributed by atoms with Crippen LogP contribution < -0.4 is 5.32 Å². The predicted molar refractivity (Wildman–Crippen MR) is 109 cm³/mol. The van der Waals surface area contributed by atoms with E-state index in [1.807, 2.05) is 24.3 Å². The van der Waals surface area contributed by atoms with E-state index in [-0.39, 0.29) is 27.4 Å². The number of benzene rings is 2. The number of halogens is 1. The highest BCUT2D eigenvalue weighted by molar-refractivity contribution is 7.99. The molecule has 0 radical (unpaired) electrons. The van der Waals surface area contributed by atoms with Crippen molar-refractivity contribution in [1.29, 1.82) is 0 Å². The number of hydrogen-bond donors (Lipinski definition) is 2. The molecule has 0 saturated heterocycles. The number of rotatable bonds is 6. The summed E-state index contributed by atoms with van der Waals surface area (Å²) in [5.41, 5.74) is 1.49. The van der Waals surface area contributed by atoms with Gasteiger partial charge in [0.05, 0.1) is 16.2 Å². The molecule has 2 aromatic carbocycles. The molecular weight excluding hydrogens is 418 g/mol. The molecule has 0 spiro atoms. The smallest absolute Gasteiger partial charge is 0.292 e. The van der Waals surface area contributed by atoms with Crippen molar-refractivity contribution >= 4 is 51.5 Å². The van der Waals surface area contributed by atoms with Crippen LogP contribution in [0.15, 0.2) is 58.3 Å². The molecule has 4 aromatic rings. The lowest BCUT2D eigenvalue weighted by molar-refractivity contribution is -0.383. The van der Waals surface area contributed by atoms with E-state index in [4.69, 9.17) is 16.0 Å². The zero-order valence-corrected chi connectivity index (χ0v) is 16.2. The number of para-hydroxylation sites is 1. The van der Waals surface area contributed by atoms with Crippen LogP contribution in [0.2, 0.25) is 5.02 Å². The van der Waals surface area contributed by atoms with E-state index in [1.54, 1.807) is 6.20 Å². The van der Waals surface area contributed by atoms with Gasteiger partial charge in [0.2, 0.25) is 5.91 Å². The van der Waals surface area contributed by atoms with Gasteiger partial charge in [0.15, 0.2) is 0 Å². The summed E-state index contributed by atoms with van der Waals surface area (Å²) in [6.07, 6.45) is 1.78. The molecule has 4 rings (SSSR count). The number of carbonyl (C=O) groups excluding carboxylic acids is 1. The van der Waals surface area contributed by atoms with Crippen molar-refractivity contribution in [2.24, 2.45) is 0 Å². The molecule has 29 heavy (non-hydrogen) atoms. The van der Waals surface area contributed by atoms with E-state index in [2.05, 4.69) is 20.5 Å². The van der Waals surface area contributed by atoms with Crippen molar-refractivity contribution in [3.8, 4) is 11.5 Å². The predicted octanol–water partition coefficient (Wildman–Crippen LogP) is 4.51. The van der Waals surface area contributed by atoms with Gasteiger partial charge >= 0.3 is 0 Å². The third kappa shape index (κ3) is 4.08. The lowest BCUT2D eigenvalue weighted by atomic mass is 10.2. The number of nitrogens with zero attached hydrogens (tertiary/aromatic N) is 3. The number of aromatic nitrogens is 3. The molecule has 0 aliphatic carbocycles. The Bertz CT molecular complexity index is 1220. The number of carbonyl (C=O) groups is 1. The van der Waals surface area contributed by atoms with Gasteiger partial charge in [-0.3, -0.25) is 14.9 Å².